The Bertz CT molecular complexity index is 1210. The molecule has 0 bridgehead atoms. The normalized spacial score (nSPS) is 23.1. The first-order valence-electron chi connectivity index (χ1n) is 15.2. The van der Waals surface area contributed by atoms with Crippen molar-refractivity contribution >= 4 is 6.08 Å². The highest BCUT2D eigenvalue weighted by molar-refractivity contribution is 5.51. The molecule has 0 atom stereocenters. The Morgan fingerprint density at radius 1 is 0.881 bits per heavy atom. The Labute approximate surface area is 244 Å². The number of unbranched alkanes of at least 4 members (excludes halogenated alkanes) is 2. The summed E-state index contributed by atoms with van der Waals surface area (Å²) in [6.07, 6.45) is 9.17. The summed E-state index contributed by atoms with van der Waals surface area (Å²) in [4.78, 5) is 0. The van der Waals surface area contributed by atoms with E-state index in [-0.39, 0.29) is 30.8 Å². The topological polar surface area (TPSA) is 18.5 Å². The first-order valence-corrected chi connectivity index (χ1v) is 15.2. The van der Waals surface area contributed by atoms with Gasteiger partial charge in [0.25, 0.3) is 0 Å². The molecule has 230 valence electrons. The van der Waals surface area contributed by atoms with E-state index >= 15 is 0 Å². The largest absolute Gasteiger partial charge is 0.456 e. The second kappa shape index (κ2) is 15.0. The van der Waals surface area contributed by atoms with Gasteiger partial charge in [-0.1, -0.05) is 56.9 Å². The Morgan fingerprint density at radius 2 is 1.62 bits per heavy atom. The quantitative estimate of drug-likeness (QED) is 0.138. The predicted molar refractivity (Wildman–Crippen MR) is 153 cm³/mol. The highest BCUT2D eigenvalue weighted by Gasteiger charge is 2.43. The molecule has 2 saturated carbocycles. The van der Waals surface area contributed by atoms with Gasteiger partial charge in [-0.15, -0.1) is 0 Å². The van der Waals surface area contributed by atoms with Crippen molar-refractivity contribution in [2.24, 2.45) is 17.8 Å². The van der Waals surface area contributed by atoms with Crippen molar-refractivity contribution in [2.45, 2.75) is 96.0 Å². The number of hydrogen-bond donors (Lipinski definition) is 0. The van der Waals surface area contributed by atoms with Crippen molar-refractivity contribution in [1.82, 2.24) is 0 Å². The molecule has 0 aliphatic heterocycles. The maximum atomic E-state index is 15.0. The monoisotopic (exact) mass is 594 g/mol. The molecule has 0 heterocycles. The zero-order valence-corrected chi connectivity index (χ0v) is 24.1. The van der Waals surface area contributed by atoms with E-state index in [0.717, 1.165) is 36.5 Å². The van der Waals surface area contributed by atoms with Crippen LogP contribution in [0.3, 0.4) is 0 Å². The lowest BCUT2D eigenvalue weighted by atomic mass is 9.77. The van der Waals surface area contributed by atoms with E-state index in [4.69, 9.17) is 4.74 Å². The van der Waals surface area contributed by atoms with Gasteiger partial charge in [-0.05, 0) is 92.9 Å². The fourth-order valence-electron chi connectivity index (χ4n) is 6.28. The van der Waals surface area contributed by atoms with Crippen LogP contribution in [0.15, 0.2) is 54.8 Å². The third kappa shape index (κ3) is 9.05. The Morgan fingerprint density at radius 3 is 2.26 bits per heavy atom. The van der Waals surface area contributed by atoms with E-state index in [0.29, 0.717) is 30.4 Å². The van der Waals surface area contributed by atoms with E-state index in [9.17, 15) is 26.3 Å². The van der Waals surface area contributed by atoms with Gasteiger partial charge in [-0.25, -0.2) is 8.78 Å². The molecule has 0 amide bonds. The molecule has 4 rings (SSSR count). The molecule has 0 spiro atoms. The van der Waals surface area contributed by atoms with E-state index in [1.807, 2.05) is 18.2 Å². The van der Waals surface area contributed by atoms with Crippen molar-refractivity contribution in [2.75, 3.05) is 0 Å². The Hall–Kier alpha value is -2.90. The fraction of sp³-hybridized carbons (Fsp3) is 0.529. The van der Waals surface area contributed by atoms with Crippen LogP contribution in [-0.2, 0) is 0 Å². The van der Waals surface area contributed by atoms with Gasteiger partial charge < -0.3 is 9.47 Å². The number of benzene rings is 2. The van der Waals surface area contributed by atoms with E-state index in [2.05, 4.69) is 11.7 Å². The average molecular weight is 595 g/mol. The number of alkyl halides is 2. The molecule has 2 aliphatic carbocycles. The van der Waals surface area contributed by atoms with Crippen molar-refractivity contribution in [3.8, 4) is 11.5 Å². The first kappa shape index (κ1) is 32.0. The summed E-state index contributed by atoms with van der Waals surface area (Å²) in [6.45, 7) is 2.23. The van der Waals surface area contributed by atoms with Crippen molar-refractivity contribution in [1.29, 1.82) is 0 Å². The second-order valence-corrected chi connectivity index (χ2v) is 11.7. The van der Waals surface area contributed by atoms with Gasteiger partial charge in [0.15, 0.2) is 17.8 Å². The molecule has 0 aromatic heterocycles. The molecule has 0 radical (unpaired) electrons. The minimum Gasteiger partial charge on any atom is -0.456 e. The first-order chi connectivity index (χ1) is 20.1. The van der Waals surface area contributed by atoms with Crippen LogP contribution in [0.5, 0.6) is 11.5 Å². The summed E-state index contributed by atoms with van der Waals surface area (Å²) >= 11 is 0. The van der Waals surface area contributed by atoms with Crippen LogP contribution in [0.25, 0.3) is 6.08 Å². The molecule has 0 N–H and O–H groups in total. The van der Waals surface area contributed by atoms with Crippen molar-refractivity contribution in [3.05, 3.63) is 77.6 Å². The summed E-state index contributed by atoms with van der Waals surface area (Å²) in [6, 6.07) is 8.19. The van der Waals surface area contributed by atoms with Crippen LogP contribution in [0.1, 0.15) is 101 Å². The molecule has 0 saturated heterocycles. The van der Waals surface area contributed by atoms with Crippen LogP contribution in [-0.4, -0.2) is 6.11 Å². The van der Waals surface area contributed by atoms with Crippen molar-refractivity contribution < 1.29 is 35.8 Å². The van der Waals surface area contributed by atoms with Crippen LogP contribution in [0.2, 0.25) is 0 Å². The lowest BCUT2D eigenvalue weighted by Gasteiger charge is -2.32. The number of hydrogen-bond acceptors (Lipinski definition) is 2. The van der Waals surface area contributed by atoms with Gasteiger partial charge in [0.1, 0.15) is 11.6 Å². The average Bonchev–Trinajstić information content (AvgIpc) is 2.96. The summed E-state index contributed by atoms with van der Waals surface area (Å²) in [5.74, 6) is -2.12. The van der Waals surface area contributed by atoms with Crippen molar-refractivity contribution in [3.63, 3.8) is 0 Å². The molecule has 2 aliphatic rings. The van der Waals surface area contributed by atoms with Gasteiger partial charge in [0.2, 0.25) is 0 Å². The zero-order valence-electron chi connectivity index (χ0n) is 24.1. The minimum absolute atomic E-state index is 0.0388. The second-order valence-electron chi connectivity index (χ2n) is 11.7. The maximum Gasteiger partial charge on any atom is 0.400 e. The minimum atomic E-state index is -3.54. The zero-order chi connectivity index (χ0) is 30.1. The van der Waals surface area contributed by atoms with Gasteiger partial charge >= 0.3 is 12.2 Å². The lowest BCUT2D eigenvalue weighted by Crippen LogP contribution is -2.37. The van der Waals surface area contributed by atoms with Gasteiger partial charge in [-0.2, -0.15) is 17.6 Å². The molecule has 2 aromatic rings. The molecular weight excluding hydrogens is 554 g/mol. The molecule has 2 aromatic carbocycles. The molecular formula is C34H40F6O2. The summed E-state index contributed by atoms with van der Waals surface area (Å²) < 4.78 is 92.2. The summed E-state index contributed by atoms with van der Waals surface area (Å²) in [7, 11) is 0. The summed E-state index contributed by atoms with van der Waals surface area (Å²) in [5, 5.41) is 0. The van der Waals surface area contributed by atoms with Crippen LogP contribution >= 0.6 is 0 Å². The van der Waals surface area contributed by atoms with Crippen LogP contribution in [0.4, 0.5) is 26.3 Å². The molecule has 2 fully saturated rings. The van der Waals surface area contributed by atoms with Crippen LogP contribution < -0.4 is 9.47 Å². The fourth-order valence-corrected chi connectivity index (χ4v) is 6.28. The standard InChI is InChI=1S/C34H40F6O2/c1-2-3-4-5-23-6-11-25(12-7-23)27-15-14-26(30(35)20-27)13-8-24-9-16-28(17-10-24)34(39,40)42-29-18-19-32(31(36)21-29)41-22-33(37)38/h8,13-15,18-25,28H,2-7,9-12,16-17H2,1H3. The maximum absolute atomic E-state index is 15.0. The van der Waals surface area contributed by atoms with Crippen LogP contribution in [0, 0.1) is 29.4 Å². The Balaban J connectivity index is 1.25. The van der Waals surface area contributed by atoms with Gasteiger partial charge in [0.05, 0.1) is 5.92 Å². The third-order valence-electron chi connectivity index (χ3n) is 8.79. The molecule has 42 heavy (non-hydrogen) atoms. The third-order valence-corrected chi connectivity index (χ3v) is 8.79. The lowest BCUT2D eigenvalue weighted by molar-refractivity contribution is -0.223. The SMILES string of the molecule is CCCCCC1CCC(c2ccc(C=CC3CCC(C(F)(F)Oc4ccc(OC=C(F)F)c(F)c4)CC3)c(F)c2)CC1. The van der Waals surface area contributed by atoms with Gasteiger partial charge in [0, 0.05) is 11.6 Å². The molecule has 2 nitrogen and oxygen atoms in total. The highest BCUT2D eigenvalue weighted by Crippen LogP contribution is 2.42. The highest BCUT2D eigenvalue weighted by atomic mass is 19.3. The van der Waals surface area contributed by atoms with E-state index in [1.54, 1.807) is 12.1 Å². The number of allylic oxidation sites excluding steroid dienone is 1. The molecule has 0 unspecified atom stereocenters. The Kier molecular flexibility index (Phi) is 11.4. The smallest absolute Gasteiger partial charge is 0.400 e. The number of ether oxygens (including phenoxy) is 2. The molecule has 8 heteroatoms. The number of halogens is 6. The summed E-state index contributed by atoms with van der Waals surface area (Å²) in [5.41, 5.74) is 1.56. The predicted octanol–water partition coefficient (Wildman–Crippen LogP) is 11.4. The van der Waals surface area contributed by atoms with Gasteiger partial charge in [-0.3, -0.25) is 0 Å². The van der Waals surface area contributed by atoms with E-state index in [1.165, 1.54) is 38.5 Å². The van der Waals surface area contributed by atoms with E-state index < -0.39 is 35.4 Å². The number of rotatable bonds is 12.